The number of benzene rings is 1. The molecule has 4 aromatic rings. The van der Waals surface area contributed by atoms with Crippen molar-refractivity contribution in [2.45, 2.75) is 64.1 Å². The molecule has 5 rings (SSSR count). The number of nitrogens with zero attached hydrogens (tertiary/aromatic N) is 3. The predicted octanol–water partition coefficient (Wildman–Crippen LogP) is 8.05. The highest BCUT2D eigenvalue weighted by Crippen LogP contribution is 2.45. The molecule has 3 heterocycles. The van der Waals surface area contributed by atoms with Crippen LogP contribution in [-0.4, -0.2) is 22.1 Å². The molecular formula is C30H32N4O2S2. The van der Waals surface area contributed by atoms with E-state index >= 15 is 0 Å². The van der Waals surface area contributed by atoms with Crippen LogP contribution >= 0.6 is 23.1 Å². The largest absolute Gasteiger partial charge is 0.448 e. The molecule has 0 fully saturated rings. The van der Waals surface area contributed by atoms with E-state index in [1.54, 1.807) is 17.6 Å². The van der Waals surface area contributed by atoms with Crippen molar-refractivity contribution < 1.29 is 9.21 Å². The minimum Gasteiger partial charge on any atom is -0.448 e. The molecule has 0 saturated carbocycles. The van der Waals surface area contributed by atoms with Gasteiger partial charge in [0, 0.05) is 22.0 Å². The van der Waals surface area contributed by atoms with E-state index in [1.165, 1.54) is 16.6 Å². The standard InChI is InChI=1S/C30H32N4O2S2/c1-18-15-19(2)33-29(32-18)38-25-14-12-22(36-25)17-31-28-26(27(35)34-21-9-7-6-8-10-21)23-13-11-20(30(3,4)5)16-24(23)37-28/h6-10,12,14-15,17,20H,11,13,16H2,1-5H3,(H,34,35)/t20-/m1/s1. The minimum absolute atomic E-state index is 0.113. The monoisotopic (exact) mass is 544 g/mol. The topological polar surface area (TPSA) is 80.4 Å². The molecule has 0 aliphatic heterocycles. The molecule has 0 radical (unpaired) electrons. The Morgan fingerprint density at radius 3 is 2.58 bits per heavy atom. The first-order valence-electron chi connectivity index (χ1n) is 12.8. The Kier molecular flexibility index (Phi) is 7.54. The number of furan rings is 1. The van der Waals surface area contributed by atoms with E-state index in [2.05, 4.69) is 36.1 Å². The maximum atomic E-state index is 13.5. The second kappa shape index (κ2) is 10.9. The Hall–Kier alpha value is -3.23. The number of aryl methyl sites for hydroxylation is 2. The zero-order valence-corrected chi connectivity index (χ0v) is 24.0. The highest BCUT2D eigenvalue weighted by Gasteiger charge is 2.33. The van der Waals surface area contributed by atoms with E-state index in [0.29, 0.717) is 27.5 Å². The molecule has 1 aliphatic rings. The van der Waals surface area contributed by atoms with Gasteiger partial charge in [0.2, 0.25) is 0 Å². The summed E-state index contributed by atoms with van der Waals surface area (Å²) in [6.45, 7) is 10.8. The smallest absolute Gasteiger partial charge is 0.259 e. The molecule has 0 bridgehead atoms. The SMILES string of the molecule is Cc1cc(C)nc(Sc2ccc(C=Nc3sc4c(c3C(=O)Nc3ccccc3)CC[C@@H](C(C)(C)C)C4)o2)n1. The zero-order valence-electron chi connectivity index (χ0n) is 22.4. The van der Waals surface area contributed by atoms with E-state index in [0.717, 1.165) is 46.9 Å². The molecule has 196 valence electrons. The molecule has 6 nitrogen and oxygen atoms in total. The van der Waals surface area contributed by atoms with E-state index in [-0.39, 0.29) is 11.3 Å². The second-order valence-corrected chi connectivity index (χ2v) is 12.8. The summed E-state index contributed by atoms with van der Waals surface area (Å²) in [5.41, 5.74) is 4.66. The Labute approximate surface area is 232 Å². The lowest BCUT2D eigenvalue weighted by molar-refractivity contribution is 0.102. The number of rotatable bonds is 6. The van der Waals surface area contributed by atoms with Gasteiger partial charge >= 0.3 is 0 Å². The van der Waals surface area contributed by atoms with Gasteiger partial charge in [-0.2, -0.15) is 0 Å². The Balaban J connectivity index is 1.42. The van der Waals surface area contributed by atoms with Crippen molar-refractivity contribution in [2.24, 2.45) is 16.3 Å². The van der Waals surface area contributed by atoms with Gasteiger partial charge in [-0.15, -0.1) is 11.3 Å². The number of carbonyl (C=O) groups is 1. The van der Waals surface area contributed by atoms with Crippen LogP contribution in [0, 0.1) is 25.2 Å². The van der Waals surface area contributed by atoms with Crippen LogP contribution in [0.4, 0.5) is 10.7 Å². The molecule has 1 amide bonds. The van der Waals surface area contributed by atoms with Crippen LogP contribution in [0.2, 0.25) is 0 Å². The summed E-state index contributed by atoms with van der Waals surface area (Å²) in [6.07, 6.45) is 4.63. The number of para-hydroxylation sites is 1. The van der Waals surface area contributed by atoms with Crippen LogP contribution in [0.25, 0.3) is 0 Å². The fraction of sp³-hybridized carbons (Fsp3) is 0.333. The number of carbonyl (C=O) groups excluding carboxylic acids is 1. The fourth-order valence-electron chi connectivity index (χ4n) is 4.76. The quantitative estimate of drug-likeness (QED) is 0.196. The second-order valence-electron chi connectivity index (χ2n) is 10.8. The average Bonchev–Trinajstić information content (AvgIpc) is 3.45. The molecule has 38 heavy (non-hydrogen) atoms. The van der Waals surface area contributed by atoms with Crippen molar-refractivity contribution in [1.82, 2.24) is 9.97 Å². The number of aromatic nitrogens is 2. The van der Waals surface area contributed by atoms with Gasteiger partial charge in [0.25, 0.3) is 5.91 Å². The van der Waals surface area contributed by atoms with Gasteiger partial charge in [0.1, 0.15) is 10.8 Å². The van der Waals surface area contributed by atoms with Crippen LogP contribution in [0.5, 0.6) is 0 Å². The van der Waals surface area contributed by atoms with Crippen molar-refractivity contribution in [3.8, 4) is 0 Å². The summed E-state index contributed by atoms with van der Waals surface area (Å²) in [7, 11) is 0. The molecule has 0 saturated heterocycles. The lowest BCUT2D eigenvalue weighted by Gasteiger charge is -2.33. The van der Waals surface area contributed by atoms with Gasteiger partial charge in [-0.25, -0.2) is 15.0 Å². The first-order valence-corrected chi connectivity index (χ1v) is 14.4. The van der Waals surface area contributed by atoms with Crippen molar-refractivity contribution in [3.05, 3.63) is 81.7 Å². The number of anilines is 1. The van der Waals surface area contributed by atoms with Gasteiger partial charge < -0.3 is 9.73 Å². The molecule has 0 unspecified atom stereocenters. The maximum Gasteiger partial charge on any atom is 0.259 e. The average molecular weight is 545 g/mol. The summed E-state index contributed by atoms with van der Waals surface area (Å²) < 4.78 is 5.99. The van der Waals surface area contributed by atoms with Crippen LogP contribution < -0.4 is 5.32 Å². The molecule has 1 aliphatic carbocycles. The summed E-state index contributed by atoms with van der Waals surface area (Å²) in [4.78, 5) is 28.5. The Bertz CT molecular complexity index is 1460. The molecule has 0 spiro atoms. The van der Waals surface area contributed by atoms with Crippen molar-refractivity contribution in [2.75, 3.05) is 5.32 Å². The van der Waals surface area contributed by atoms with Crippen LogP contribution in [0.1, 0.15) is 65.1 Å². The van der Waals surface area contributed by atoms with Gasteiger partial charge in [0.15, 0.2) is 10.2 Å². The summed E-state index contributed by atoms with van der Waals surface area (Å²) in [5.74, 6) is 1.08. The molecular weight excluding hydrogens is 512 g/mol. The van der Waals surface area contributed by atoms with E-state index in [9.17, 15) is 4.79 Å². The lowest BCUT2D eigenvalue weighted by atomic mass is 9.72. The number of nitrogens with one attached hydrogen (secondary N) is 1. The van der Waals surface area contributed by atoms with Gasteiger partial charge in [-0.05, 0) is 92.1 Å². The minimum atomic E-state index is -0.113. The third-order valence-corrected chi connectivity index (χ3v) is 8.74. The van der Waals surface area contributed by atoms with Gasteiger partial charge in [-0.3, -0.25) is 4.79 Å². The van der Waals surface area contributed by atoms with Crippen molar-refractivity contribution >= 4 is 45.9 Å². The van der Waals surface area contributed by atoms with E-state index in [4.69, 9.17) is 9.41 Å². The van der Waals surface area contributed by atoms with E-state index in [1.807, 2.05) is 62.4 Å². The molecule has 1 N–H and O–H groups in total. The third-order valence-electron chi connectivity index (χ3n) is 6.79. The zero-order chi connectivity index (χ0) is 26.9. The summed E-state index contributed by atoms with van der Waals surface area (Å²) >= 11 is 3.01. The normalized spacial score (nSPS) is 15.6. The van der Waals surface area contributed by atoms with Crippen molar-refractivity contribution in [3.63, 3.8) is 0 Å². The molecule has 8 heteroatoms. The first-order chi connectivity index (χ1) is 18.2. The van der Waals surface area contributed by atoms with Gasteiger partial charge in [0.05, 0.1) is 11.8 Å². The fourth-order valence-corrected chi connectivity index (χ4v) is 6.86. The molecule has 1 atom stereocenters. The Morgan fingerprint density at radius 1 is 1.13 bits per heavy atom. The highest BCUT2D eigenvalue weighted by atomic mass is 32.2. The molecule has 1 aromatic carbocycles. The number of aliphatic imine (C=N–C) groups is 1. The number of hydrogen-bond donors (Lipinski definition) is 1. The molecule has 3 aromatic heterocycles. The van der Waals surface area contributed by atoms with Crippen LogP contribution in [-0.2, 0) is 12.8 Å². The highest BCUT2D eigenvalue weighted by molar-refractivity contribution is 7.99. The van der Waals surface area contributed by atoms with Crippen molar-refractivity contribution in [1.29, 1.82) is 0 Å². The third kappa shape index (κ3) is 6.08. The number of thiophene rings is 1. The maximum absolute atomic E-state index is 13.5. The number of fused-ring (bicyclic) bond motifs is 1. The van der Waals surface area contributed by atoms with Crippen LogP contribution in [0.15, 0.2) is 68.2 Å². The Morgan fingerprint density at radius 2 is 1.87 bits per heavy atom. The number of hydrogen-bond acceptors (Lipinski definition) is 7. The van der Waals surface area contributed by atoms with Gasteiger partial charge in [-0.1, -0.05) is 39.0 Å². The first kappa shape index (κ1) is 26.4. The lowest BCUT2D eigenvalue weighted by Crippen LogP contribution is -2.27. The van der Waals surface area contributed by atoms with Crippen LogP contribution in [0.3, 0.4) is 0 Å². The number of amides is 1. The summed E-state index contributed by atoms with van der Waals surface area (Å²) in [6, 6.07) is 15.3. The van der Waals surface area contributed by atoms with E-state index < -0.39 is 0 Å². The predicted molar refractivity (Wildman–Crippen MR) is 155 cm³/mol. The summed E-state index contributed by atoms with van der Waals surface area (Å²) in [5, 5.41) is 5.14.